The molecule has 0 heterocycles. The number of quaternary nitrogens is 1. The van der Waals surface area contributed by atoms with Crippen molar-refractivity contribution < 1.29 is 43.7 Å². The third-order valence-corrected chi connectivity index (χ3v) is 1.59. The van der Waals surface area contributed by atoms with E-state index < -0.39 is 0 Å². The maximum absolute atomic E-state index is 9.98. The molecule has 3 nitrogen and oxygen atoms in total. The molecule has 0 spiro atoms. The summed E-state index contributed by atoms with van der Waals surface area (Å²) in [7, 11) is 3.54. The first-order valence-electron chi connectivity index (χ1n) is 2.66. The molecule has 0 aromatic carbocycles. The van der Waals surface area contributed by atoms with Crippen LogP contribution in [-0.4, -0.2) is 36.8 Å². The fourth-order valence-electron chi connectivity index (χ4n) is 0.411. The second kappa shape index (κ2) is 6.63. The fraction of sp³-hybridized carbons (Fsp3) is 0.800. The molecular weight excluding hydrogens is 160 g/mol. The first-order valence-corrected chi connectivity index (χ1v) is 3.47. The van der Waals surface area contributed by atoms with Gasteiger partial charge in [-0.3, -0.25) is 0 Å². The van der Waals surface area contributed by atoms with Crippen LogP contribution in [0.2, 0.25) is 0 Å². The zero-order valence-corrected chi connectivity index (χ0v) is 9.56. The van der Waals surface area contributed by atoms with Crippen LogP contribution >= 0.6 is 7.92 Å². The summed E-state index contributed by atoms with van der Waals surface area (Å²) < 4.78 is 10.3. The van der Waals surface area contributed by atoms with E-state index in [9.17, 15) is 4.57 Å². The van der Waals surface area contributed by atoms with Gasteiger partial charge < -0.3 is 0 Å². The number of hydrogen-bond donors (Lipinski definition) is 1. The van der Waals surface area contributed by atoms with Crippen LogP contribution in [0.5, 0.6) is 0 Å². The van der Waals surface area contributed by atoms with Gasteiger partial charge in [-0.1, -0.05) is 0 Å². The van der Waals surface area contributed by atoms with E-state index in [-0.39, 0.29) is 44.1 Å². The van der Waals surface area contributed by atoms with Crippen molar-refractivity contribution in [3.63, 3.8) is 0 Å². The molecule has 0 rings (SSSR count). The van der Waals surface area contributed by atoms with E-state index in [4.69, 9.17) is 5.11 Å². The Hall–Kier alpha value is 0.930. The summed E-state index contributed by atoms with van der Waals surface area (Å²) in [6.07, 6.45) is 0. The molecule has 0 aromatic heterocycles. The summed E-state index contributed by atoms with van der Waals surface area (Å²) in [5, 5.41) is 8.47. The van der Waals surface area contributed by atoms with Crippen LogP contribution in [-0.2, 0) is 4.57 Å². The molecule has 0 aliphatic heterocycles. The van der Waals surface area contributed by atoms with Crippen LogP contribution in [0.25, 0.3) is 0 Å². The standard InChI is InChI=1S/C5H11NO2P.Na/c1-6(2,3-4-7)5-9-8;/h7H,3-4H2,1-2H3;/q2*+1. The van der Waals surface area contributed by atoms with Gasteiger partial charge in [-0.05, 0) is 0 Å². The maximum atomic E-state index is 9.98. The Morgan fingerprint density at radius 2 is 2.10 bits per heavy atom. The van der Waals surface area contributed by atoms with Gasteiger partial charge in [0.15, 0.2) is 0 Å². The third kappa shape index (κ3) is 7.04. The minimum Gasteiger partial charge on any atom is 1.00 e. The molecule has 0 fully saturated rings. The predicted molar refractivity (Wildman–Crippen MR) is 35.6 cm³/mol. The van der Waals surface area contributed by atoms with Crippen LogP contribution < -0.4 is 29.6 Å². The predicted octanol–water partition coefficient (Wildman–Crippen LogP) is -2.73. The average Bonchev–Trinajstić information content (AvgIpc) is 1.64. The van der Waals surface area contributed by atoms with Crippen molar-refractivity contribution in [3.8, 4) is 5.75 Å². The molecule has 5 heteroatoms. The number of aliphatic hydroxyl groups excluding tert-OH is 1. The quantitative estimate of drug-likeness (QED) is 0.278. The zero-order chi connectivity index (χ0) is 7.33. The van der Waals surface area contributed by atoms with Gasteiger partial charge in [0.05, 0.1) is 0 Å². The minimum absolute atomic E-state index is 0. The Labute approximate surface area is 84.4 Å². The third-order valence-electron chi connectivity index (χ3n) is 0.971. The van der Waals surface area contributed by atoms with Crippen LogP contribution in [0.15, 0.2) is 0 Å². The maximum Gasteiger partial charge on any atom is 1.00 e. The van der Waals surface area contributed by atoms with Crippen molar-refractivity contribution in [2.24, 2.45) is 0 Å². The van der Waals surface area contributed by atoms with Gasteiger partial charge >= 0.3 is 84.6 Å². The molecule has 0 atom stereocenters. The molecule has 0 saturated carbocycles. The molecule has 52 valence electrons. The van der Waals surface area contributed by atoms with E-state index in [0.29, 0.717) is 11.0 Å². The summed E-state index contributed by atoms with van der Waals surface area (Å²) in [5.74, 6) is 2.62. The summed E-state index contributed by atoms with van der Waals surface area (Å²) in [5.41, 5.74) is 0. The average molecular weight is 171 g/mol. The molecule has 0 aliphatic rings. The molecule has 0 saturated heterocycles. The van der Waals surface area contributed by atoms with E-state index in [1.165, 1.54) is 0 Å². The van der Waals surface area contributed by atoms with Gasteiger partial charge in [0.2, 0.25) is 0 Å². The van der Waals surface area contributed by atoms with Gasteiger partial charge in [-0.15, -0.1) is 0 Å². The Morgan fingerprint density at radius 3 is 2.40 bits per heavy atom. The second-order valence-corrected chi connectivity index (χ2v) is 2.71. The van der Waals surface area contributed by atoms with E-state index in [1.54, 1.807) is 0 Å². The Balaban J connectivity index is 0. The number of aliphatic hydroxyl groups is 1. The minimum atomic E-state index is -0.105. The van der Waals surface area contributed by atoms with Crippen molar-refractivity contribution >= 4 is 7.92 Å². The fourth-order valence-corrected chi connectivity index (χ4v) is 0.732. The van der Waals surface area contributed by atoms with Crippen molar-refractivity contribution in [2.45, 2.75) is 0 Å². The molecule has 0 radical (unpaired) electrons. The smallest absolute Gasteiger partial charge is 1.00 e. The summed E-state index contributed by atoms with van der Waals surface area (Å²) in [6.45, 7) is 0.644. The van der Waals surface area contributed by atoms with E-state index in [0.717, 1.165) is 0 Å². The first kappa shape index (κ1) is 13.5. The Morgan fingerprint density at radius 1 is 1.60 bits per heavy atom. The largest absolute Gasteiger partial charge is 1.00 e. The van der Waals surface area contributed by atoms with Gasteiger partial charge in [0, 0.05) is 0 Å². The van der Waals surface area contributed by atoms with Gasteiger partial charge in [-0.2, -0.15) is 0 Å². The summed E-state index contributed by atoms with van der Waals surface area (Å²) in [6, 6.07) is 0. The molecule has 1 N–H and O–H groups in total. The molecule has 0 unspecified atom stereocenters. The molecule has 10 heavy (non-hydrogen) atoms. The van der Waals surface area contributed by atoms with Gasteiger partial charge in [-0.25, -0.2) is 0 Å². The zero-order valence-electron chi connectivity index (χ0n) is 6.66. The van der Waals surface area contributed by atoms with Crippen LogP contribution in [0.1, 0.15) is 0 Å². The van der Waals surface area contributed by atoms with Crippen LogP contribution in [0.3, 0.4) is 0 Å². The van der Waals surface area contributed by atoms with Crippen molar-refractivity contribution in [1.29, 1.82) is 0 Å². The monoisotopic (exact) mass is 171 g/mol. The van der Waals surface area contributed by atoms with Crippen molar-refractivity contribution in [1.82, 2.24) is 0 Å². The molecular formula is C5H11NNaO2P+2. The van der Waals surface area contributed by atoms with Crippen LogP contribution in [0.4, 0.5) is 0 Å². The summed E-state index contributed by atoms with van der Waals surface area (Å²) in [4.78, 5) is 0. The molecule has 0 bridgehead atoms. The Bertz CT molecular complexity index is 175. The summed E-state index contributed by atoms with van der Waals surface area (Å²) >= 11 is 0. The number of likely N-dealkylation sites (N-methyl/N-ethyl adjacent to an activating group) is 1. The number of nitrogens with zero attached hydrogens (tertiary/aromatic N) is 1. The SMILES string of the molecule is C[N+](C)(C#P=O)CCO.[Na+]. The van der Waals surface area contributed by atoms with Crippen LogP contribution in [0, 0.1) is 5.75 Å². The normalized spacial score (nSPS) is 9.50. The number of hydrogen-bond acceptors (Lipinski definition) is 2. The molecule has 0 amide bonds. The topological polar surface area (TPSA) is 37.3 Å². The van der Waals surface area contributed by atoms with Gasteiger partial charge in [0.1, 0.15) is 0 Å². The van der Waals surface area contributed by atoms with Crippen molar-refractivity contribution in [2.75, 3.05) is 27.2 Å². The second-order valence-electron chi connectivity index (χ2n) is 2.32. The van der Waals surface area contributed by atoms with E-state index >= 15 is 0 Å². The van der Waals surface area contributed by atoms with E-state index in [1.807, 2.05) is 14.1 Å². The number of rotatable bonds is 2. The molecule has 0 aromatic rings. The van der Waals surface area contributed by atoms with Gasteiger partial charge in [0.25, 0.3) is 0 Å². The molecule has 0 aliphatic carbocycles. The Kier molecular flexibility index (Phi) is 8.96. The van der Waals surface area contributed by atoms with Crippen molar-refractivity contribution in [3.05, 3.63) is 0 Å². The van der Waals surface area contributed by atoms with E-state index in [2.05, 4.69) is 5.75 Å². The first-order chi connectivity index (χ1) is 4.12.